The summed E-state index contributed by atoms with van der Waals surface area (Å²) in [5.41, 5.74) is -0.946. The van der Waals surface area contributed by atoms with Crippen LogP contribution in [0.1, 0.15) is 31.8 Å². The number of alkyl halides is 3. The first kappa shape index (κ1) is 26.5. The molecule has 36 heavy (non-hydrogen) atoms. The molecule has 0 spiro atoms. The first-order valence-corrected chi connectivity index (χ1v) is 11.0. The second-order valence-electron chi connectivity index (χ2n) is 7.24. The molecule has 8 nitrogen and oxygen atoms in total. The van der Waals surface area contributed by atoms with E-state index < -0.39 is 34.2 Å². The van der Waals surface area contributed by atoms with Gasteiger partial charge in [-0.1, -0.05) is 30.0 Å². The van der Waals surface area contributed by atoms with Crippen LogP contribution in [0.15, 0.2) is 70.5 Å². The van der Waals surface area contributed by atoms with Crippen molar-refractivity contribution >= 4 is 29.3 Å². The molecule has 0 fully saturated rings. The first-order chi connectivity index (χ1) is 17.0. The number of amides is 1. The monoisotopic (exact) mass is 520 g/mol. The van der Waals surface area contributed by atoms with E-state index in [2.05, 4.69) is 5.32 Å². The van der Waals surface area contributed by atoms with Gasteiger partial charge in [0.15, 0.2) is 0 Å². The van der Waals surface area contributed by atoms with Crippen molar-refractivity contribution in [3.05, 3.63) is 93.0 Å². The van der Waals surface area contributed by atoms with Crippen molar-refractivity contribution in [1.82, 2.24) is 5.32 Å². The Bertz CT molecular complexity index is 1310. The summed E-state index contributed by atoms with van der Waals surface area (Å²) in [6, 6.07) is 13.1. The summed E-state index contributed by atoms with van der Waals surface area (Å²) in [4.78, 5) is 35.7. The summed E-state index contributed by atoms with van der Waals surface area (Å²) in [5.74, 6) is -0.834. The minimum absolute atomic E-state index is 0.0340. The number of hydrogen-bond donors (Lipinski definition) is 1. The molecular formula is C24H19F3N2O6S. The Hall–Kier alpha value is -4.06. The van der Waals surface area contributed by atoms with Gasteiger partial charge in [0.1, 0.15) is 11.3 Å². The van der Waals surface area contributed by atoms with E-state index in [9.17, 15) is 32.9 Å². The van der Waals surface area contributed by atoms with Gasteiger partial charge < -0.3 is 14.8 Å². The second-order valence-corrected chi connectivity index (χ2v) is 8.33. The van der Waals surface area contributed by atoms with Crippen molar-refractivity contribution in [2.45, 2.75) is 22.5 Å². The minimum atomic E-state index is -4.74. The van der Waals surface area contributed by atoms with Crippen LogP contribution in [0, 0.1) is 10.1 Å². The van der Waals surface area contributed by atoms with Crippen LogP contribution < -0.4 is 10.1 Å². The Labute approximate surface area is 207 Å². The quantitative estimate of drug-likeness (QED) is 0.238. The number of rotatable bonds is 8. The Morgan fingerprint density at radius 2 is 1.72 bits per heavy atom. The normalized spacial score (nSPS) is 11.0. The van der Waals surface area contributed by atoms with Gasteiger partial charge in [0.2, 0.25) is 0 Å². The van der Waals surface area contributed by atoms with Gasteiger partial charge in [-0.2, -0.15) is 13.2 Å². The van der Waals surface area contributed by atoms with Gasteiger partial charge in [-0.05, 0) is 42.0 Å². The highest BCUT2D eigenvalue weighted by Crippen LogP contribution is 2.40. The number of nitrogens with zero attached hydrogens (tertiary/aromatic N) is 1. The van der Waals surface area contributed by atoms with Crippen LogP contribution in [0.2, 0.25) is 0 Å². The molecule has 12 heteroatoms. The van der Waals surface area contributed by atoms with E-state index in [1.165, 1.54) is 32.4 Å². The first-order valence-electron chi connectivity index (χ1n) is 10.2. The summed E-state index contributed by atoms with van der Waals surface area (Å²) >= 11 is 0.805. The number of ether oxygens (including phenoxy) is 2. The molecular weight excluding hydrogens is 501 g/mol. The fourth-order valence-corrected chi connectivity index (χ4v) is 4.22. The molecule has 0 aromatic heterocycles. The number of carbonyl (C=O) groups excluding carboxylic acids is 2. The summed E-state index contributed by atoms with van der Waals surface area (Å²) in [6.45, 7) is 0.0340. The fraction of sp³-hybridized carbons (Fsp3) is 0.167. The topological polar surface area (TPSA) is 108 Å². The van der Waals surface area contributed by atoms with Crippen molar-refractivity contribution in [3.63, 3.8) is 0 Å². The maximum absolute atomic E-state index is 13.0. The molecule has 0 bridgehead atoms. The van der Waals surface area contributed by atoms with E-state index in [1.54, 1.807) is 24.3 Å². The number of methoxy groups -OCH3 is 2. The second kappa shape index (κ2) is 11.1. The molecule has 0 aliphatic rings. The lowest BCUT2D eigenvalue weighted by Crippen LogP contribution is -2.23. The van der Waals surface area contributed by atoms with E-state index in [-0.39, 0.29) is 22.6 Å². The van der Waals surface area contributed by atoms with Crippen molar-refractivity contribution in [3.8, 4) is 5.75 Å². The minimum Gasteiger partial charge on any atom is -0.496 e. The van der Waals surface area contributed by atoms with Gasteiger partial charge in [-0.25, -0.2) is 4.79 Å². The average molecular weight is 520 g/mol. The van der Waals surface area contributed by atoms with Crippen LogP contribution >= 0.6 is 11.8 Å². The lowest BCUT2D eigenvalue weighted by molar-refractivity contribution is -0.388. The van der Waals surface area contributed by atoms with Gasteiger partial charge in [-0.15, -0.1) is 0 Å². The number of nitro benzene ring substituents is 1. The van der Waals surface area contributed by atoms with Crippen molar-refractivity contribution in [1.29, 1.82) is 0 Å². The Balaban J connectivity index is 1.83. The van der Waals surface area contributed by atoms with Gasteiger partial charge in [0, 0.05) is 17.5 Å². The highest BCUT2D eigenvalue weighted by Gasteiger charge is 2.33. The number of benzene rings is 3. The third kappa shape index (κ3) is 6.13. The molecule has 188 valence electrons. The van der Waals surface area contributed by atoms with Crippen molar-refractivity contribution < 1.29 is 37.2 Å². The maximum Gasteiger partial charge on any atom is 0.416 e. The van der Waals surface area contributed by atoms with Crippen LogP contribution in [-0.2, 0) is 17.5 Å². The molecule has 1 N–H and O–H groups in total. The third-order valence-corrected chi connectivity index (χ3v) is 6.10. The Morgan fingerprint density at radius 1 is 1.00 bits per heavy atom. The zero-order valence-electron chi connectivity index (χ0n) is 18.9. The number of nitro groups is 1. The fourth-order valence-electron chi connectivity index (χ4n) is 3.20. The average Bonchev–Trinajstić information content (AvgIpc) is 2.86. The summed E-state index contributed by atoms with van der Waals surface area (Å²) in [5, 5.41) is 14.1. The number of carbonyl (C=O) groups is 2. The molecule has 3 rings (SSSR count). The molecule has 0 heterocycles. The smallest absolute Gasteiger partial charge is 0.416 e. The van der Waals surface area contributed by atoms with Crippen molar-refractivity contribution in [2.75, 3.05) is 14.2 Å². The summed E-state index contributed by atoms with van der Waals surface area (Å²) < 4.78 is 48.9. The van der Waals surface area contributed by atoms with Gasteiger partial charge >= 0.3 is 12.1 Å². The molecule has 3 aromatic carbocycles. The van der Waals surface area contributed by atoms with E-state index in [1.807, 2.05) is 0 Å². The third-order valence-electron chi connectivity index (χ3n) is 4.96. The molecule has 0 saturated heterocycles. The zero-order chi connectivity index (χ0) is 26.5. The number of halogens is 3. The SMILES string of the molecule is COC(=O)c1cc(CNC(=O)c2ccccc2Sc2ccc(C(F)(F)F)cc2[N+](=O)[O-])ccc1OC. The van der Waals surface area contributed by atoms with E-state index in [0.29, 0.717) is 22.3 Å². The predicted octanol–water partition coefficient (Wildman–Crippen LogP) is 5.49. The Morgan fingerprint density at radius 3 is 2.36 bits per heavy atom. The van der Waals surface area contributed by atoms with Crippen LogP contribution in [0.4, 0.5) is 18.9 Å². The maximum atomic E-state index is 13.0. The predicted molar refractivity (Wildman–Crippen MR) is 124 cm³/mol. The number of esters is 1. The zero-order valence-corrected chi connectivity index (χ0v) is 19.7. The molecule has 0 radical (unpaired) electrons. The van der Waals surface area contributed by atoms with E-state index in [0.717, 1.165) is 23.9 Å². The molecule has 0 aliphatic carbocycles. The molecule has 0 saturated carbocycles. The van der Waals surface area contributed by atoms with E-state index in [4.69, 9.17) is 9.47 Å². The van der Waals surface area contributed by atoms with Crippen LogP contribution in [0.25, 0.3) is 0 Å². The molecule has 0 unspecified atom stereocenters. The highest BCUT2D eigenvalue weighted by molar-refractivity contribution is 7.99. The van der Waals surface area contributed by atoms with E-state index >= 15 is 0 Å². The van der Waals surface area contributed by atoms with Gasteiger partial charge in [0.05, 0.1) is 35.2 Å². The largest absolute Gasteiger partial charge is 0.496 e. The van der Waals surface area contributed by atoms with Crippen LogP contribution in [0.3, 0.4) is 0 Å². The molecule has 1 amide bonds. The van der Waals surface area contributed by atoms with Crippen LogP contribution in [-0.4, -0.2) is 31.0 Å². The highest BCUT2D eigenvalue weighted by atomic mass is 32.2. The summed E-state index contributed by atoms with van der Waals surface area (Å²) in [6.07, 6.45) is -4.74. The standard InChI is InChI=1S/C24H19F3N2O6S/c1-34-19-9-7-14(11-17(19)23(31)35-2)13-28-22(30)16-5-3-4-6-20(16)36-21-10-8-15(24(25,26)27)12-18(21)29(32)33/h3-12H,13H2,1-2H3,(H,28,30). The molecule has 3 aromatic rings. The van der Waals surface area contributed by atoms with Gasteiger partial charge in [-0.3, -0.25) is 14.9 Å². The van der Waals surface area contributed by atoms with Crippen molar-refractivity contribution in [2.24, 2.45) is 0 Å². The number of nitrogens with one attached hydrogen (secondary N) is 1. The van der Waals surface area contributed by atoms with Gasteiger partial charge in [0.25, 0.3) is 11.6 Å². The van der Waals surface area contributed by atoms with Crippen LogP contribution in [0.5, 0.6) is 5.75 Å². The lowest BCUT2D eigenvalue weighted by atomic mass is 10.1. The molecule has 0 aliphatic heterocycles. The molecule has 0 atom stereocenters. The summed E-state index contributed by atoms with van der Waals surface area (Å²) in [7, 11) is 2.63. The number of hydrogen-bond acceptors (Lipinski definition) is 7. The lowest BCUT2D eigenvalue weighted by Gasteiger charge is -2.12. The Kier molecular flexibility index (Phi) is 8.20.